The number of Topliss-reactive ketones (excluding diaryl/α,β-unsaturated/α-hetero) is 1. The van der Waals surface area contributed by atoms with Crippen LogP contribution in [0.2, 0.25) is 0 Å². The summed E-state index contributed by atoms with van der Waals surface area (Å²) in [5.41, 5.74) is 6.58. The van der Waals surface area contributed by atoms with Gasteiger partial charge >= 0.3 is 0 Å². The van der Waals surface area contributed by atoms with Crippen LogP contribution in [0.1, 0.15) is 39.0 Å². The Labute approximate surface area is 120 Å². The molecule has 0 radical (unpaired) electrons. The SMILES string of the molecule is Cc1ccc(C)c(/C=C2\CCc3ccccc3C2=O)c1. The van der Waals surface area contributed by atoms with E-state index in [2.05, 4.69) is 44.2 Å². The van der Waals surface area contributed by atoms with Crippen LogP contribution in [0.25, 0.3) is 6.08 Å². The van der Waals surface area contributed by atoms with Gasteiger partial charge in [-0.2, -0.15) is 0 Å². The van der Waals surface area contributed by atoms with E-state index in [9.17, 15) is 4.79 Å². The van der Waals surface area contributed by atoms with Crippen LogP contribution in [0.3, 0.4) is 0 Å². The zero-order valence-corrected chi connectivity index (χ0v) is 11.9. The summed E-state index contributed by atoms with van der Waals surface area (Å²) in [6.07, 6.45) is 3.86. The smallest absolute Gasteiger partial charge is 0.189 e. The number of hydrogen-bond donors (Lipinski definition) is 0. The van der Waals surface area contributed by atoms with Crippen molar-refractivity contribution in [3.05, 3.63) is 75.9 Å². The van der Waals surface area contributed by atoms with Gasteiger partial charge in [0, 0.05) is 11.1 Å². The van der Waals surface area contributed by atoms with E-state index in [4.69, 9.17) is 0 Å². The van der Waals surface area contributed by atoms with Gasteiger partial charge in [0.1, 0.15) is 0 Å². The number of allylic oxidation sites excluding steroid dienone is 1. The Kier molecular flexibility index (Phi) is 3.27. The molecule has 100 valence electrons. The molecule has 0 N–H and O–H groups in total. The molecule has 0 heterocycles. The minimum atomic E-state index is 0.188. The first kappa shape index (κ1) is 12.9. The normalized spacial score (nSPS) is 16.3. The molecule has 0 saturated heterocycles. The Morgan fingerprint density at radius 3 is 2.65 bits per heavy atom. The second kappa shape index (κ2) is 5.09. The van der Waals surface area contributed by atoms with E-state index in [0.29, 0.717) is 0 Å². The van der Waals surface area contributed by atoms with Crippen molar-refractivity contribution in [3.8, 4) is 0 Å². The average Bonchev–Trinajstić information content (AvgIpc) is 2.46. The topological polar surface area (TPSA) is 17.1 Å². The first-order valence-electron chi connectivity index (χ1n) is 7.05. The number of fused-ring (bicyclic) bond motifs is 1. The summed E-state index contributed by atoms with van der Waals surface area (Å²) in [6, 6.07) is 14.3. The lowest BCUT2D eigenvalue weighted by molar-refractivity contribution is 0.102. The van der Waals surface area contributed by atoms with Crippen LogP contribution in [-0.2, 0) is 6.42 Å². The van der Waals surface area contributed by atoms with Crippen molar-refractivity contribution in [2.45, 2.75) is 26.7 Å². The molecule has 0 bridgehead atoms. The van der Waals surface area contributed by atoms with E-state index in [1.165, 1.54) is 16.7 Å². The van der Waals surface area contributed by atoms with Crippen LogP contribution in [0, 0.1) is 13.8 Å². The summed E-state index contributed by atoms with van der Waals surface area (Å²) < 4.78 is 0. The minimum absolute atomic E-state index is 0.188. The molecule has 1 nitrogen and oxygen atoms in total. The van der Waals surface area contributed by atoms with Crippen molar-refractivity contribution in [1.29, 1.82) is 0 Å². The van der Waals surface area contributed by atoms with Crippen LogP contribution >= 0.6 is 0 Å². The molecule has 0 unspecified atom stereocenters. The van der Waals surface area contributed by atoms with E-state index < -0.39 is 0 Å². The van der Waals surface area contributed by atoms with Gasteiger partial charge in [-0.15, -0.1) is 0 Å². The lowest BCUT2D eigenvalue weighted by atomic mass is 9.85. The fourth-order valence-corrected chi connectivity index (χ4v) is 2.76. The molecule has 0 aliphatic heterocycles. The van der Waals surface area contributed by atoms with Gasteiger partial charge in [-0.3, -0.25) is 4.79 Å². The Morgan fingerprint density at radius 1 is 1.00 bits per heavy atom. The maximum atomic E-state index is 12.5. The average molecular weight is 262 g/mol. The summed E-state index contributed by atoms with van der Waals surface area (Å²) in [5.74, 6) is 0.188. The first-order chi connectivity index (χ1) is 9.65. The monoisotopic (exact) mass is 262 g/mol. The molecular formula is C19H18O. The number of rotatable bonds is 1. The van der Waals surface area contributed by atoms with E-state index in [-0.39, 0.29) is 5.78 Å². The van der Waals surface area contributed by atoms with Crippen molar-refractivity contribution >= 4 is 11.9 Å². The van der Waals surface area contributed by atoms with Crippen molar-refractivity contribution < 1.29 is 4.79 Å². The van der Waals surface area contributed by atoms with E-state index in [1.807, 2.05) is 18.2 Å². The molecule has 2 aromatic rings. The highest BCUT2D eigenvalue weighted by molar-refractivity contribution is 6.13. The highest BCUT2D eigenvalue weighted by atomic mass is 16.1. The molecule has 0 fully saturated rings. The van der Waals surface area contributed by atoms with Crippen LogP contribution in [0.15, 0.2) is 48.0 Å². The molecule has 20 heavy (non-hydrogen) atoms. The molecular weight excluding hydrogens is 244 g/mol. The van der Waals surface area contributed by atoms with Crippen LogP contribution in [0.5, 0.6) is 0 Å². The lowest BCUT2D eigenvalue weighted by Gasteiger charge is -2.17. The second-order valence-electron chi connectivity index (χ2n) is 5.52. The third-order valence-electron chi connectivity index (χ3n) is 3.98. The molecule has 0 spiro atoms. The molecule has 3 rings (SSSR count). The van der Waals surface area contributed by atoms with Crippen LogP contribution < -0.4 is 0 Å². The molecule has 1 aliphatic rings. The summed E-state index contributed by atoms with van der Waals surface area (Å²) in [7, 11) is 0. The second-order valence-corrected chi connectivity index (χ2v) is 5.52. The summed E-state index contributed by atoms with van der Waals surface area (Å²) in [5, 5.41) is 0. The Bertz CT molecular complexity index is 707. The lowest BCUT2D eigenvalue weighted by Crippen LogP contribution is -2.13. The van der Waals surface area contributed by atoms with Gasteiger partial charge in [-0.1, -0.05) is 48.0 Å². The van der Waals surface area contributed by atoms with E-state index in [0.717, 1.165) is 29.5 Å². The Balaban J connectivity index is 2.02. The molecule has 0 atom stereocenters. The summed E-state index contributed by atoms with van der Waals surface area (Å²) in [4.78, 5) is 12.5. The number of carbonyl (C=O) groups is 1. The number of aryl methyl sites for hydroxylation is 3. The van der Waals surface area contributed by atoms with Gasteiger partial charge in [0.05, 0.1) is 0 Å². The number of ketones is 1. The quantitative estimate of drug-likeness (QED) is 0.691. The maximum Gasteiger partial charge on any atom is 0.189 e. The first-order valence-corrected chi connectivity index (χ1v) is 7.05. The van der Waals surface area contributed by atoms with E-state index >= 15 is 0 Å². The zero-order chi connectivity index (χ0) is 14.1. The summed E-state index contributed by atoms with van der Waals surface area (Å²) in [6.45, 7) is 4.17. The Morgan fingerprint density at radius 2 is 1.80 bits per heavy atom. The standard InChI is InChI=1S/C19H18O/c1-13-7-8-14(2)17(11-13)12-16-10-9-15-5-3-4-6-18(15)19(16)20/h3-8,11-12H,9-10H2,1-2H3/b16-12+. The number of hydrogen-bond acceptors (Lipinski definition) is 1. The zero-order valence-electron chi connectivity index (χ0n) is 11.9. The van der Waals surface area contributed by atoms with Gasteiger partial charge in [0.2, 0.25) is 0 Å². The molecule has 1 heteroatoms. The third-order valence-corrected chi connectivity index (χ3v) is 3.98. The van der Waals surface area contributed by atoms with Crippen LogP contribution in [-0.4, -0.2) is 5.78 Å². The predicted octanol–water partition coefficient (Wildman–Crippen LogP) is 4.52. The summed E-state index contributed by atoms with van der Waals surface area (Å²) >= 11 is 0. The van der Waals surface area contributed by atoms with Crippen molar-refractivity contribution in [3.63, 3.8) is 0 Å². The largest absolute Gasteiger partial charge is 0.289 e. The molecule has 1 aliphatic carbocycles. The number of carbonyl (C=O) groups excluding carboxylic acids is 1. The van der Waals surface area contributed by atoms with Crippen LogP contribution in [0.4, 0.5) is 0 Å². The van der Waals surface area contributed by atoms with Gasteiger partial charge in [0.25, 0.3) is 0 Å². The highest BCUT2D eigenvalue weighted by Crippen LogP contribution is 2.27. The van der Waals surface area contributed by atoms with E-state index in [1.54, 1.807) is 0 Å². The van der Waals surface area contributed by atoms with Gasteiger partial charge in [0.15, 0.2) is 5.78 Å². The third kappa shape index (κ3) is 2.32. The number of benzene rings is 2. The predicted molar refractivity (Wildman–Crippen MR) is 83.0 cm³/mol. The molecule has 2 aromatic carbocycles. The van der Waals surface area contributed by atoms with Crippen molar-refractivity contribution in [2.75, 3.05) is 0 Å². The van der Waals surface area contributed by atoms with Gasteiger partial charge < -0.3 is 0 Å². The minimum Gasteiger partial charge on any atom is -0.289 e. The van der Waals surface area contributed by atoms with Crippen molar-refractivity contribution in [2.24, 2.45) is 0 Å². The van der Waals surface area contributed by atoms with Gasteiger partial charge in [-0.05, 0) is 49.5 Å². The fraction of sp³-hybridized carbons (Fsp3) is 0.211. The molecule has 0 amide bonds. The molecule has 0 aromatic heterocycles. The Hall–Kier alpha value is -2.15. The van der Waals surface area contributed by atoms with Crippen molar-refractivity contribution in [1.82, 2.24) is 0 Å². The molecule has 0 saturated carbocycles. The fourth-order valence-electron chi connectivity index (χ4n) is 2.76. The van der Waals surface area contributed by atoms with Gasteiger partial charge in [-0.25, -0.2) is 0 Å². The highest BCUT2D eigenvalue weighted by Gasteiger charge is 2.21. The maximum absolute atomic E-state index is 12.5.